The molecule has 2 amide bonds. The second-order valence-electron chi connectivity index (χ2n) is 6.48. The molecule has 0 spiro atoms. The number of carbonyl (C=O) groups is 3. The average Bonchev–Trinajstić information content (AvgIpc) is 3.33. The first-order valence-electron chi connectivity index (χ1n) is 8.54. The molecular weight excluding hydrogens is 324 g/mol. The number of aliphatic carboxylic acids is 1. The highest BCUT2D eigenvalue weighted by atomic mass is 16.5. The quantitative estimate of drug-likeness (QED) is 0.811. The molecule has 25 heavy (non-hydrogen) atoms. The van der Waals surface area contributed by atoms with Crippen LogP contribution in [0.4, 0.5) is 5.69 Å². The lowest BCUT2D eigenvalue weighted by Crippen LogP contribution is -2.46. The second-order valence-corrected chi connectivity index (χ2v) is 6.48. The molecule has 134 valence electrons. The van der Waals surface area contributed by atoms with E-state index in [0.717, 1.165) is 24.9 Å². The lowest BCUT2D eigenvalue weighted by Gasteiger charge is -2.26. The monoisotopic (exact) mass is 346 g/mol. The van der Waals surface area contributed by atoms with Gasteiger partial charge >= 0.3 is 5.97 Å². The molecule has 0 radical (unpaired) electrons. The molecule has 1 aromatic rings. The van der Waals surface area contributed by atoms with E-state index in [-0.39, 0.29) is 24.5 Å². The zero-order chi connectivity index (χ0) is 18.0. The lowest BCUT2D eigenvalue weighted by molar-refractivity contribution is -0.150. The van der Waals surface area contributed by atoms with Gasteiger partial charge in [-0.1, -0.05) is 6.07 Å². The molecule has 1 aliphatic carbocycles. The Kier molecular flexibility index (Phi) is 4.92. The maximum Gasteiger partial charge on any atom is 0.326 e. The summed E-state index contributed by atoms with van der Waals surface area (Å²) in [5, 5.41) is 9.17. The van der Waals surface area contributed by atoms with Crippen LogP contribution in [0, 0.1) is 0 Å². The minimum Gasteiger partial charge on any atom is -0.484 e. The van der Waals surface area contributed by atoms with E-state index in [0.29, 0.717) is 18.7 Å². The molecule has 1 aliphatic heterocycles. The van der Waals surface area contributed by atoms with Crippen molar-refractivity contribution in [2.24, 2.45) is 0 Å². The summed E-state index contributed by atoms with van der Waals surface area (Å²) < 4.78 is 5.57. The van der Waals surface area contributed by atoms with Gasteiger partial charge in [-0.15, -0.1) is 0 Å². The summed E-state index contributed by atoms with van der Waals surface area (Å²) in [7, 11) is 0. The van der Waals surface area contributed by atoms with Gasteiger partial charge in [-0.3, -0.25) is 9.59 Å². The minimum atomic E-state index is -1.02. The number of hydrogen-bond donors (Lipinski definition) is 1. The van der Waals surface area contributed by atoms with Gasteiger partial charge in [-0.25, -0.2) is 4.79 Å². The SMILES string of the molecule is CC(C(=O)O)N(C(=O)COc1cccc(N2CCCC2=O)c1)C1CC1. The van der Waals surface area contributed by atoms with E-state index in [1.807, 2.05) is 6.07 Å². The fourth-order valence-electron chi connectivity index (χ4n) is 3.09. The number of anilines is 1. The Labute approximate surface area is 146 Å². The Bertz CT molecular complexity index is 686. The highest BCUT2D eigenvalue weighted by molar-refractivity contribution is 5.95. The average molecular weight is 346 g/mol. The van der Waals surface area contributed by atoms with Crippen LogP contribution in [0.15, 0.2) is 24.3 Å². The number of carboxylic acid groups (broad SMARTS) is 1. The Morgan fingerprint density at radius 3 is 2.76 bits per heavy atom. The van der Waals surface area contributed by atoms with Crippen LogP contribution in [0.2, 0.25) is 0 Å². The van der Waals surface area contributed by atoms with Gasteiger partial charge in [-0.05, 0) is 38.3 Å². The molecule has 2 aliphatic rings. The van der Waals surface area contributed by atoms with Crippen molar-refractivity contribution in [1.29, 1.82) is 0 Å². The molecule has 1 unspecified atom stereocenters. The van der Waals surface area contributed by atoms with E-state index in [1.54, 1.807) is 23.1 Å². The summed E-state index contributed by atoms with van der Waals surface area (Å²) in [6.45, 7) is 1.98. The third kappa shape index (κ3) is 3.92. The Hall–Kier alpha value is -2.57. The van der Waals surface area contributed by atoms with E-state index < -0.39 is 12.0 Å². The lowest BCUT2D eigenvalue weighted by atomic mass is 10.2. The smallest absolute Gasteiger partial charge is 0.326 e. The summed E-state index contributed by atoms with van der Waals surface area (Å²) >= 11 is 0. The van der Waals surface area contributed by atoms with E-state index in [4.69, 9.17) is 4.74 Å². The van der Waals surface area contributed by atoms with Crippen molar-refractivity contribution < 1.29 is 24.2 Å². The normalized spacial score (nSPS) is 18.1. The molecule has 1 N–H and O–H groups in total. The van der Waals surface area contributed by atoms with Crippen LogP contribution in [-0.4, -0.2) is 53.0 Å². The van der Waals surface area contributed by atoms with Crippen LogP contribution < -0.4 is 9.64 Å². The number of ether oxygens (including phenoxy) is 1. The highest BCUT2D eigenvalue weighted by Gasteiger charge is 2.38. The van der Waals surface area contributed by atoms with E-state index >= 15 is 0 Å². The van der Waals surface area contributed by atoms with Crippen LogP contribution >= 0.6 is 0 Å². The molecule has 1 heterocycles. The fraction of sp³-hybridized carbons (Fsp3) is 0.500. The van der Waals surface area contributed by atoms with Crippen molar-refractivity contribution in [3.8, 4) is 5.75 Å². The Morgan fingerprint density at radius 2 is 2.16 bits per heavy atom. The van der Waals surface area contributed by atoms with Crippen LogP contribution in [0.5, 0.6) is 5.75 Å². The molecule has 1 aromatic carbocycles. The summed E-state index contributed by atoms with van der Waals surface area (Å²) in [5.41, 5.74) is 0.755. The summed E-state index contributed by atoms with van der Waals surface area (Å²) in [6.07, 6.45) is 3.05. The van der Waals surface area contributed by atoms with E-state index in [9.17, 15) is 19.5 Å². The zero-order valence-corrected chi connectivity index (χ0v) is 14.2. The van der Waals surface area contributed by atoms with Gasteiger partial charge in [0.2, 0.25) is 5.91 Å². The number of carbonyl (C=O) groups excluding carboxylic acids is 2. The molecule has 7 nitrogen and oxygen atoms in total. The number of nitrogens with zero attached hydrogens (tertiary/aromatic N) is 2. The largest absolute Gasteiger partial charge is 0.484 e. The molecule has 2 fully saturated rings. The van der Waals surface area contributed by atoms with Gasteiger partial charge in [0, 0.05) is 30.8 Å². The van der Waals surface area contributed by atoms with Crippen molar-refractivity contribution >= 4 is 23.5 Å². The van der Waals surface area contributed by atoms with Gasteiger partial charge in [0.15, 0.2) is 6.61 Å². The van der Waals surface area contributed by atoms with Crippen LogP contribution in [-0.2, 0) is 14.4 Å². The predicted octanol–water partition coefficient (Wildman–Crippen LogP) is 1.66. The van der Waals surface area contributed by atoms with E-state index in [2.05, 4.69) is 0 Å². The third-order valence-electron chi connectivity index (χ3n) is 4.57. The molecule has 0 aromatic heterocycles. The summed E-state index contributed by atoms with van der Waals surface area (Å²) in [6, 6.07) is 6.20. The second kappa shape index (κ2) is 7.13. The van der Waals surface area contributed by atoms with Crippen LogP contribution in [0.3, 0.4) is 0 Å². The van der Waals surface area contributed by atoms with Gasteiger partial charge in [0.25, 0.3) is 5.91 Å². The molecular formula is C18H22N2O5. The molecule has 0 bridgehead atoms. The first kappa shape index (κ1) is 17.3. The number of carboxylic acids is 1. The number of amides is 2. The maximum atomic E-state index is 12.4. The molecule has 3 rings (SSSR count). The molecule has 7 heteroatoms. The minimum absolute atomic E-state index is 0.00393. The molecule has 1 atom stereocenters. The highest BCUT2D eigenvalue weighted by Crippen LogP contribution is 2.29. The Balaban J connectivity index is 1.63. The Morgan fingerprint density at radius 1 is 1.40 bits per heavy atom. The van der Waals surface area contributed by atoms with Crippen molar-refractivity contribution in [2.45, 2.75) is 44.7 Å². The number of rotatable bonds is 7. The van der Waals surface area contributed by atoms with Crippen molar-refractivity contribution in [3.05, 3.63) is 24.3 Å². The maximum absolute atomic E-state index is 12.4. The van der Waals surface area contributed by atoms with Crippen LogP contribution in [0.1, 0.15) is 32.6 Å². The van der Waals surface area contributed by atoms with Gasteiger partial charge in [0.05, 0.1) is 0 Å². The first-order valence-corrected chi connectivity index (χ1v) is 8.54. The van der Waals surface area contributed by atoms with Crippen molar-refractivity contribution in [3.63, 3.8) is 0 Å². The van der Waals surface area contributed by atoms with Crippen LogP contribution in [0.25, 0.3) is 0 Å². The topological polar surface area (TPSA) is 87.2 Å². The standard InChI is InChI=1S/C18H22N2O5/c1-12(18(23)24)20(13-7-8-13)17(22)11-25-15-5-2-4-14(10-15)19-9-3-6-16(19)21/h2,4-5,10,12-13H,3,6-9,11H2,1H3,(H,23,24). The first-order chi connectivity index (χ1) is 12.0. The van der Waals surface area contributed by atoms with Gasteiger partial charge in [0.1, 0.15) is 11.8 Å². The number of hydrogen-bond acceptors (Lipinski definition) is 4. The van der Waals surface area contributed by atoms with Gasteiger partial charge in [-0.2, -0.15) is 0 Å². The molecule has 1 saturated carbocycles. The van der Waals surface area contributed by atoms with E-state index in [1.165, 1.54) is 11.8 Å². The zero-order valence-electron chi connectivity index (χ0n) is 14.2. The summed E-state index contributed by atoms with van der Waals surface area (Å²) in [4.78, 5) is 38.5. The number of benzene rings is 1. The molecule has 1 saturated heterocycles. The predicted molar refractivity (Wildman–Crippen MR) is 90.5 cm³/mol. The fourth-order valence-corrected chi connectivity index (χ4v) is 3.09. The van der Waals surface area contributed by atoms with Gasteiger partial charge < -0.3 is 19.6 Å². The third-order valence-corrected chi connectivity index (χ3v) is 4.57. The van der Waals surface area contributed by atoms with Crippen molar-refractivity contribution in [2.75, 3.05) is 18.1 Å². The summed E-state index contributed by atoms with van der Waals surface area (Å²) in [5.74, 6) is -0.775. The van der Waals surface area contributed by atoms with Crippen molar-refractivity contribution in [1.82, 2.24) is 4.90 Å².